The lowest BCUT2D eigenvalue weighted by atomic mass is 9.99. The number of esters is 1. The molecule has 10 nitrogen and oxygen atoms in total. The molecule has 1 fully saturated rings. The predicted molar refractivity (Wildman–Crippen MR) is 61.9 cm³/mol. The van der Waals surface area contributed by atoms with Crippen LogP contribution in [-0.4, -0.2) is 86.6 Å². The van der Waals surface area contributed by atoms with Crippen LogP contribution in [0.4, 0.5) is 0 Å². The van der Waals surface area contributed by atoms with Crippen LogP contribution in [-0.2, 0) is 19.0 Å². The third-order valence-corrected chi connectivity index (χ3v) is 3.25. The van der Waals surface area contributed by atoms with Gasteiger partial charge in [-0.1, -0.05) is 0 Å². The normalized spacial score (nSPS) is 40.5. The number of rotatable bonds is 4. The largest absolute Gasteiger partial charge is 0.505 e. The van der Waals surface area contributed by atoms with Gasteiger partial charge in [0.25, 0.3) is 0 Å². The minimum Gasteiger partial charge on any atom is -0.505 e. The summed E-state index contributed by atoms with van der Waals surface area (Å²) in [5.74, 6) is -2.77. The van der Waals surface area contributed by atoms with Gasteiger partial charge in [-0.05, 0) is 0 Å². The first-order valence-electron chi connectivity index (χ1n) is 6.12. The molecule has 2 aliphatic rings. The average Bonchev–Trinajstić information content (AvgIpc) is 2.71. The van der Waals surface area contributed by atoms with Crippen LogP contribution >= 0.6 is 0 Å². The van der Waals surface area contributed by atoms with Gasteiger partial charge in [-0.2, -0.15) is 0 Å². The standard InChI is InChI=1S/C11H16O10/c12-1-3-5(13)7(15)9(17)11(21-3)19-2-4-6(14)8(16)10(18)20-4/h3-5,7,9,11-17H,1-2H2/t3-,4-,5+,7+,9-,11+/m1/s1. The molecule has 6 atom stereocenters. The Morgan fingerprint density at radius 3 is 2.29 bits per heavy atom. The van der Waals surface area contributed by atoms with Crippen molar-refractivity contribution in [1.29, 1.82) is 0 Å². The fraction of sp³-hybridized carbons (Fsp3) is 0.727. The lowest BCUT2D eigenvalue weighted by molar-refractivity contribution is -0.304. The Bertz CT molecular complexity index is 433. The van der Waals surface area contributed by atoms with E-state index in [9.17, 15) is 25.2 Å². The number of carbonyl (C=O) groups is 1. The number of hydrogen-bond acceptors (Lipinski definition) is 10. The van der Waals surface area contributed by atoms with Crippen molar-refractivity contribution in [3.63, 3.8) is 0 Å². The summed E-state index contributed by atoms with van der Waals surface area (Å²) >= 11 is 0. The molecule has 0 amide bonds. The van der Waals surface area contributed by atoms with E-state index in [-0.39, 0.29) is 0 Å². The monoisotopic (exact) mass is 308 g/mol. The van der Waals surface area contributed by atoms with Gasteiger partial charge < -0.3 is 44.8 Å². The number of hydrogen-bond donors (Lipinski definition) is 6. The first kappa shape index (κ1) is 15.9. The molecule has 2 aliphatic heterocycles. The molecule has 0 aromatic carbocycles. The fourth-order valence-electron chi connectivity index (χ4n) is 2.00. The highest BCUT2D eigenvalue weighted by Gasteiger charge is 2.45. The van der Waals surface area contributed by atoms with Crippen LogP contribution in [0.15, 0.2) is 11.5 Å². The quantitative estimate of drug-likeness (QED) is 0.296. The number of carbonyl (C=O) groups excluding carboxylic acids is 1. The van der Waals surface area contributed by atoms with E-state index in [1.54, 1.807) is 0 Å². The van der Waals surface area contributed by atoms with Crippen LogP contribution in [0.25, 0.3) is 0 Å². The van der Waals surface area contributed by atoms with Gasteiger partial charge in [0, 0.05) is 0 Å². The Morgan fingerprint density at radius 2 is 1.76 bits per heavy atom. The van der Waals surface area contributed by atoms with Crippen LogP contribution < -0.4 is 0 Å². The molecule has 21 heavy (non-hydrogen) atoms. The SMILES string of the molecule is O=C1O[C@H](CO[C@H]2O[C@H](CO)[C@H](O)[C@H](O)[C@H]2O)C(O)=C1O. The van der Waals surface area contributed by atoms with E-state index in [1.165, 1.54) is 0 Å². The number of cyclic esters (lactones) is 1. The number of aliphatic hydroxyl groups is 6. The Labute approximate surface area is 118 Å². The molecule has 0 aliphatic carbocycles. The van der Waals surface area contributed by atoms with E-state index in [4.69, 9.17) is 19.7 Å². The summed E-state index contributed by atoms with van der Waals surface area (Å²) in [5, 5.41) is 56.3. The molecule has 6 N–H and O–H groups in total. The second-order valence-corrected chi connectivity index (χ2v) is 4.66. The molecule has 0 unspecified atom stereocenters. The molecule has 0 saturated carbocycles. The van der Waals surface area contributed by atoms with Gasteiger partial charge in [-0.15, -0.1) is 0 Å². The first-order valence-corrected chi connectivity index (χ1v) is 6.12. The maximum absolute atomic E-state index is 11.0. The lowest BCUT2D eigenvalue weighted by Crippen LogP contribution is -2.59. The third kappa shape index (κ3) is 2.95. The summed E-state index contributed by atoms with van der Waals surface area (Å²) < 4.78 is 14.7. The van der Waals surface area contributed by atoms with Gasteiger partial charge in [0.05, 0.1) is 13.2 Å². The average molecular weight is 308 g/mol. The summed E-state index contributed by atoms with van der Waals surface area (Å²) in [4.78, 5) is 11.0. The van der Waals surface area contributed by atoms with Crippen molar-refractivity contribution < 1.29 is 49.6 Å². The molecule has 10 heteroatoms. The molecular formula is C11H16O10. The molecular weight excluding hydrogens is 292 g/mol. The summed E-state index contributed by atoms with van der Waals surface area (Å²) in [6.07, 6.45) is -8.58. The van der Waals surface area contributed by atoms with Gasteiger partial charge in [0.2, 0.25) is 5.76 Å². The van der Waals surface area contributed by atoms with E-state index >= 15 is 0 Å². The van der Waals surface area contributed by atoms with Gasteiger partial charge >= 0.3 is 5.97 Å². The van der Waals surface area contributed by atoms with Gasteiger partial charge in [0.15, 0.2) is 18.2 Å². The van der Waals surface area contributed by atoms with E-state index in [0.717, 1.165) is 0 Å². The third-order valence-electron chi connectivity index (χ3n) is 3.25. The Balaban J connectivity index is 1.95. The van der Waals surface area contributed by atoms with Crippen LogP contribution in [0.2, 0.25) is 0 Å². The van der Waals surface area contributed by atoms with Gasteiger partial charge in [0.1, 0.15) is 24.4 Å². The van der Waals surface area contributed by atoms with Crippen molar-refractivity contribution in [1.82, 2.24) is 0 Å². The molecule has 1 saturated heterocycles. The van der Waals surface area contributed by atoms with Crippen LogP contribution in [0.3, 0.4) is 0 Å². The zero-order valence-electron chi connectivity index (χ0n) is 10.7. The molecule has 0 radical (unpaired) electrons. The molecule has 2 heterocycles. The molecule has 0 spiro atoms. The van der Waals surface area contributed by atoms with Crippen molar-refractivity contribution in [2.45, 2.75) is 36.8 Å². The Hall–Kier alpha value is -1.43. The van der Waals surface area contributed by atoms with Gasteiger partial charge in [-0.3, -0.25) is 0 Å². The lowest BCUT2D eigenvalue weighted by Gasteiger charge is -2.39. The van der Waals surface area contributed by atoms with Crippen molar-refractivity contribution >= 4 is 5.97 Å². The Kier molecular flexibility index (Phi) is 4.66. The van der Waals surface area contributed by atoms with Crippen molar-refractivity contribution in [2.24, 2.45) is 0 Å². The highest BCUT2D eigenvalue weighted by atomic mass is 16.7. The zero-order chi connectivity index (χ0) is 15.7. The number of ether oxygens (including phenoxy) is 3. The van der Waals surface area contributed by atoms with E-state index in [2.05, 4.69) is 4.74 Å². The van der Waals surface area contributed by atoms with E-state index < -0.39 is 67.5 Å². The molecule has 0 aromatic heterocycles. The van der Waals surface area contributed by atoms with Crippen molar-refractivity contribution in [2.75, 3.05) is 13.2 Å². The van der Waals surface area contributed by atoms with Crippen LogP contribution in [0.1, 0.15) is 0 Å². The second-order valence-electron chi connectivity index (χ2n) is 4.66. The molecule has 0 aromatic rings. The smallest absolute Gasteiger partial charge is 0.377 e. The Morgan fingerprint density at radius 1 is 1.10 bits per heavy atom. The van der Waals surface area contributed by atoms with Crippen molar-refractivity contribution in [3.05, 3.63) is 11.5 Å². The molecule has 2 rings (SSSR count). The van der Waals surface area contributed by atoms with Gasteiger partial charge in [-0.25, -0.2) is 4.79 Å². The summed E-state index contributed by atoms with van der Waals surface area (Å²) in [6, 6.07) is 0. The van der Waals surface area contributed by atoms with Crippen molar-refractivity contribution in [3.8, 4) is 0 Å². The van der Waals surface area contributed by atoms with E-state index in [1.807, 2.05) is 0 Å². The number of aliphatic hydroxyl groups excluding tert-OH is 6. The summed E-state index contributed by atoms with van der Waals surface area (Å²) in [6.45, 7) is -1.08. The fourth-order valence-corrected chi connectivity index (χ4v) is 2.00. The van der Waals surface area contributed by atoms with Crippen LogP contribution in [0.5, 0.6) is 0 Å². The second kappa shape index (κ2) is 6.13. The highest BCUT2D eigenvalue weighted by molar-refractivity contribution is 5.89. The zero-order valence-corrected chi connectivity index (χ0v) is 10.7. The van der Waals surface area contributed by atoms with E-state index in [0.29, 0.717) is 0 Å². The maximum Gasteiger partial charge on any atom is 0.377 e. The molecule has 0 bridgehead atoms. The predicted octanol–water partition coefficient (Wildman–Crippen LogP) is -2.94. The minimum atomic E-state index is -1.61. The van der Waals surface area contributed by atoms with Crippen LogP contribution in [0, 0.1) is 0 Å². The summed E-state index contributed by atoms with van der Waals surface area (Å²) in [5.41, 5.74) is 0. The first-order chi connectivity index (χ1) is 9.86. The maximum atomic E-state index is 11.0. The topological polar surface area (TPSA) is 166 Å². The minimum absolute atomic E-state index is 0.468. The molecule has 120 valence electrons. The summed E-state index contributed by atoms with van der Waals surface area (Å²) in [7, 11) is 0. The highest BCUT2D eigenvalue weighted by Crippen LogP contribution is 2.24.